The normalized spacial score (nSPS) is 18.3. The molecule has 1 aliphatic rings. The summed E-state index contributed by atoms with van der Waals surface area (Å²) in [6.07, 6.45) is -0.580. The second kappa shape index (κ2) is 11.7. The predicted octanol–water partition coefficient (Wildman–Crippen LogP) is 6.59. The SMILES string of the molecule is CCc1nc(C(=O)NCC2CCC(C)CC2)c(C#N)n1-c1ccc(CC(C)(C)C(F)(F)F)cc1OC(F)F. The number of nitrogens with one attached hydrogen (secondary N) is 1. The topological polar surface area (TPSA) is 79.9 Å². The number of aryl methyl sites for hydroxylation is 1. The zero-order chi connectivity index (χ0) is 28.3. The third kappa shape index (κ3) is 6.63. The fourth-order valence-corrected chi connectivity index (χ4v) is 4.73. The van der Waals surface area contributed by atoms with Gasteiger partial charge in [-0.25, -0.2) is 4.98 Å². The van der Waals surface area contributed by atoms with Gasteiger partial charge in [-0.2, -0.15) is 27.2 Å². The summed E-state index contributed by atoms with van der Waals surface area (Å²) in [5, 5.41) is 12.8. The van der Waals surface area contributed by atoms with E-state index >= 15 is 0 Å². The largest absolute Gasteiger partial charge is 0.433 e. The van der Waals surface area contributed by atoms with E-state index in [1.165, 1.54) is 16.7 Å². The molecule has 1 saturated carbocycles. The number of ether oxygens (including phenoxy) is 1. The lowest BCUT2D eigenvalue weighted by molar-refractivity contribution is -0.211. The highest BCUT2D eigenvalue weighted by atomic mass is 19.4. The molecule has 6 nitrogen and oxygen atoms in total. The van der Waals surface area contributed by atoms with Crippen LogP contribution in [-0.4, -0.2) is 34.8 Å². The molecule has 1 aromatic carbocycles. The maximum atomic E-state index is 13.4. The molecule has 0 unspecified atom stereocenters. The van der Waals surface area contributed by atoms with Gasteiger partial charge >= 0.3 is 12.8 Å². The summed E-state index contributed by atoms with van der Waals surface area (Å²) < 4.78 is 72.8. The monoisotopic (exact) mass is 540 g/mol. The lowest BCUT2D eigenvalue weighted by Gasteiger charge is -2.28. The van der Waals surface area contributed by atoms with Crippen molar-refractivity contribution in [3.8, 4) is 17.5 Å². The van der Waals surface area contributed by atoms with Crippen LogP contribution in [0.4, 0.5) is 22.0 Å². The van der Waals surface area contributed by atoms with E-state index in [0.29, 0.717) is 18.4 Å². The maximum Gasteiger partial charge on any atom is 0.394 e. The first-order valence-corrected chi connectivity index (χ1v) is 12.7. The third-order valence-electron chi connectivity index (χ3n) is 7.17. The summed E-state index contributed by atoms with van der Waals surface area (Å²) in [5.41, 5.74) is -2.30. The van der Waals surface area contributed by atoms with Gasteiger partial charge in [0.1, 0.15) is 17.6 Å². The van der Waals surface area contributed by atoms with E-state index in [0.717, 1.165) is 45.6 Å². The van der Waals surface area contributed by atoms with Crippen molar-refractivity contribution in [3.05, 3.63) is 41.0 Å². The predicted molar refractivity (Wildman–Crippen MR) is 131 cm³/mol. The van der Waals surface area contributed by atoms with E-state index in [2.05, 4.69) is 22.0 Å². The maximum absolute atomic E-state index is 13.4. The minimum absolute atomic E-state index is 0.0138. The van der Waals surface area contributed by atoms with E-state index in [-0.39, 0.29) is 34.9 Å². The van der Waals surface area contributed by atoms with Crippen molar-refractivity contribution in [1.29, 1.82) is 5.26 Å². The van der Waals surface area contributed by atoms with Crippen LogP contribution < -0.4 is 10.1 Å². The Morgan fingerprint density at radius 1 is 1.24 bits per heavy atom. The van der Waals surface area contributed by atoms with Gasteiger partial charge in [-0.05, 0) is 48.8 Å². The summed E-state index contributed by atoms with van der Waals surface area (Å²) in [5.74, 6) is 0.273. The average molecular weight is 541 g/mol. The molecule has 208 valence electrons. The lowest BCUT2D eigenvalue weighted by Crippen LogP contribution is -2.34. The summed E-state index contributed by atoms with van der Waals surface area (Å²) in [6.45, 7) is 3.13. The molecule has 3 rings (SSSR count). The first-order chi connectivity index (χ1) is 17.8. The molecular weight excluding hydrogens is 507 g/mol. The van der Waals surface area contributed by atoms with Crippen LogP contribution in [0, 0.1) is 28.6 Å². The number of nitrogens with zero attached hydrogens (tertiary/aromatic N) is 3. The summed E-state index contributed by atoms with van der Waals surface area (Å²) in [4.78, 5) is 17.3. The van der Waals surface area contributed by atoms with Crippen molar-refractivity contribution >= 4 is 5.91 Å². The molecule has 1 amide bonds. The molecule has 1 fully saturated rings. The summed E-state index contributed by atoms with van der Waals surface area (Å²) in [6, 6.07) is 5.73. The Balaban J connectivity index is 1.97. The minimum Gasteiger partial charge on any atom is -0.433 e. The van der Waals surface area contributed by atoms with Crippen molar-refractivity contribution in [1.82, 2.24) is 14.9 Å². The Morgan fingerprint density at radius 3 is 2.45 bits per heavy atom. The highest BCUT2D eigenvalue weighted by Gasteiger charge is 2.47. The van der Waals surface area contributed by atoms with Crippen molar-refractivity contribution in [2.24, 2.45) is 17.3 Å². The molecule has 0 aliphatic heterocycles. The van der Waals surface area contributed by atoms with Crippen LogP contribution in [0.15, 0.2) is 18.2 Å². The van der Waals surface area contributed by atoms with Crippen molar-refractivity contribution < 1.29 is 31.5 Å². The van der Waals surface area contributed by atoms with Gasteiger partial charge in [-0.3, -0.25) is 9.36 Å². The Labute approximate surface area is 219 Å². The standard InChI is InChI=1S/C27H33F5N4O2/c1-5-22-35-23(24(37)34-15-17-8-6-16(2)7-9-17)20(14-33)36(22)19-11-10-18(12-21(19)38-25(28)29)13-26(3,4)27(30,31)32/h10-12,16-17,25H,5-9,13,15H2,1-4H3,(H,34,37). The Kier molecular flexibility index (Phi) is 9.05. The Bertz CT molecular complexity index is 1180. The lowest BCUT2D eigenvalue weighted by atomic mass is 9.83. The highest BCUT2D eigenvalue weighted by Crippen LogP contribution is 2.41. The number of amides is 1. The van der Waals surface area contributed by atoms with Gasteiger partial charge in [0.15, 0.2) is 11.4 Å². The second-order valence-electron chi connectivity index (χ2n) is 10.6. The number of aromatic nitrogens is 2. The van der Waals surface area contributed by atoms with E-state index in [1.807, 2.05) is 6.07 Å². The number of hydrogen-bond donors (Lipinski definition) is 1. The molecule has 0 bridgehead atoms. The first kappa shape index (κ1) is 29.4. The van der Waals surface area contributed by atoms with Gasteiger partial charge in [0.05, 0.1) is 11.1 Å². The van der Waals surface area contributed by atoms with Crippen LogP contribution in [0.3, 0.4) is 0 Å². The zero-order valence-corrected chi connectivity index (χ0v) is 22.0. The number of carbonyl (C=O) groups excluding carboxylic acids is 1. The molecule has 38 heavy (non-hydrogen) atoms. The van der Waals surface area contributed by atoms with E-state index in [1.54, 1.807) is 6.92 Å². The number of hydrogen-bond acceptors (Lipinski definition) is 4. The number of rotatable bonds is 9. The average Bonchev–Trinajstić information content (AvgIpc) is 3.21. The number of carbonyl (C=O) groups is 1. The highest BCUT2D eigenvalue weighted by molar-refractivity contribution is 5.94. The van der Waals surface area contributed by atoms with Gasteiger partial charge in [0.2, 0.25) is 0 Å². The van der Waals surface area contributed by atoms with E-state index in [9.17, 15) is 32.0 Å². The van der Waals surface area contributed by atoms with Crippen LogP contribution >= 0.6 is 0 Å². The first-order valence-electron chi connectivity index (χ1n) is 12.7. The van der Waals surface area contributed by atoms with Gasteiger partial charge < -0.3 is 10.1 Å². The van der Waals surface area contributed by atoms with Crippen molar-refractivity contribution in [2.45, 2.75) is 79.0 Å². The molecule has 0 spiro atoms. The Morgan fingerprint density at radius 2 is 1.89 bits per heavy atom. The molecule has 0 saturated heterocycles. The van der Waals surface area contributed by atoms with Crippen LogP contribution in [-0.2, 0) is 12.8 Å². The third-order valence-corrected chi connectivity index (χ3v) is 7.17. The van der Waals surface area contributed by atoms with Crippen LogP contribution in [0.5, 0.6) is 5.75 Å². The molecule has 11 heteroatoms. The number of halogens is 5. The van der Waals surface area contributed by atoms with Crippen molar-refractivity contribution in [3.63, 3.8) is 0 Å². The molecule has 1 aliphatic carbocycles. The van der Waals surface area contributed by atoms with E-state index < -0.39 is 36.3 Å². The second-order valence-corrected chi connectivity index (χ2v) is 10.6. The molecular formula is C27H33F5N4O2. The minimum atomic E-state index is -4.51. The van der Waals surface area contributed by atoms with Gasteiger partial charge in [0, 0.05) is 13.0 Å². The van der Waals surface area contributed by atoms with E-state index in [4.69, 9.17) is 0 Å². The molecule has 0 atom stereocenters. The molecule has 1 heterocycles. The summed E-state index contributed by atoms with van der Waals surface area (Å²) in [7, 11) is 0. The summed E-state index contributed by atoms with van der Waals surface area (Å²) >= 11 is 0. The van der Waals surface area contributed by atoms with Crippen LogP contribution in [0.1, 0.15) is 80.9 Å². The number of nitriles is 1. The molecule has 1 N–H and O–H groups in total. The van der Waals surface area contributed by atoms with Crippen LogP contribution in [0.2, 0.25) is 0 Å². The zero-order valence-electron chi connectivity index (χ0n) is 22.0. The van der Waals surface area contributed by atoms with Crippen LogP contribution in [0.25, 0.3) is 5.69 Å². The number of alkyl halides is 5. The Hall–Kier alpha value is -3.16. The smallest absolute Gasteiger partial charge is 0.394 e. The van der Waals surface area contributed by atoms with Crippen molar-refractivity contribution in [2.75, 3.05) is 6.54 Å². The molecule has 2 aromatic rings. The molecule has 0 radical (unpaired) electrons. The quantitative estimate of drug-likeness (QED) is 0.364. The van der Waals surface area contributed by atoms with Gasteiger partial charge in [-0.15, -0.1) is 0 Å². The van der Waals surface area contributed by atoms with Gasteiger partial charge in [-0.1, -0.05) is 46.6 Å². The number of imidazole rings is 1. The van der Waals surface area contributed by atoms with Gasteiger partial charge in [0.25, 0.3) is 5.91 Å². The number of benzene rings is 1. The fraction of sp³-hybridized carbons (Fsp3) is 0.593. The fourth-order valence-electron chi connectivity index (χ4n) is 4.73. The molecule has 1 aromatic heterocycles.